The van der Waals surface area contributed by atoms with E-state index in [2.05, 4.69) is 23.5 Å². The van der Waals surface area contributed by atoms with Gasteiger partial charge in [-0.1, -0.05) is 18.2 Å². The predicted octanol–water partition coefficient (Wildman–Crippen LogP) is 1.42. The van der Waals surface area contributed by atoms with Crippen LogP contribution >= 0.6 is 0 Å². The Morgan fingerprint density at radius 2 is 2.25 bits per heavy atom. The van der Waals surface area contributed by atoms with Crippen molar-refractivity contribution in [1.82, 2.24) is 10.2 Å². The van der Waals surface area contributed by atoms with Gasteiger partial charge in [-0.15, -0.1) is 0 Å². The van der Waals surface area contributed by atoms with E-state index >= 15 is 0 Å². The molecule has 1 amide bonds. The van der Waals surface area contributed by atoms with Gasteiger partial charge in [0.2, 0.25) is 0 Å². The predicted molar refractivity (Wildman–Crippen MR) is 64.5 cm³/mol. The zero-order chi connectivity index (χ0) is 11.5. The number of hydrogen-bond donors (Lipinski definition) is 1. The van der Waals surface area contributed by atoms with E-state index in [4.69, 9.17) is 0 Å². The SMILES string of the molecule is CNCCCc1cccc2c1C(=O)N(C)C2. The van der Waals surface area contributed by atoms with E-state index < -0.39 is 0 Å². The smallest absolute Gasteiger partial charge is 0.254 e. The minimum absolute atomic E-state index is 0.176. The van der Waals surface area contributed by atoms with E-state index in [1.54, 1.807) is 4.90 Å². The summed E-state index contributed by atoms with van der Waals surface area (Å²) >= 11 is 0. The summed E-state index contributed by atoms with van der Waals surface area (Å²) < 4.78 is 0. The molecule has 0 aromatic heterocycles. The lowest BCUT2D eigenvalue weighted by atomic mass is 9.99. The third kappa shape index (κ3) is 1.95. The molecule has 0 aliphatic carbocycles. The van der Waals surface area contributed by atoms with E-state index in [1.807, 2.05) is 14.1 Å². The summed E-state index contributed by atoms with van der Waals surface area (Å²) in [5.41, 5.74) is 3.32. The fourth-order valence-electron chi connectivity index (χ4n) is 2.24. The van der Waals surface area contributed by atoms with Crippen molar-refractivity contribution in [2.75, 3.05) is 20.6 Å². The number of fused-ring (bicyclic) bond motifs is 1. The molecule has 0 spiro atoms. The first-order valence-electron chi connectivity index (χ1n) is 5.75. The van der Waals surface area contributed by atoms with Gasteiger partial charge in [0, 0.05) is 19.2 Å². The number of nitrogens with zero attached hydrogens (tertiary/aromatic N) is 1. The van der Waals surface area contributed by atoms with Gasteiger partial charge < -0.3 is 10.2 Å². The Bertz CT molecular complexity index is 401. The third-order valence-corrected chi connectivity index (χ3v) is 3.08. The van der Waals surface area contributed by atoms with Crippen LogP contribution in [-0.4, -0.2) is 31.4 Å². The number of hydrogen-bond acceptors (Lipinski definition) is 2. The molecule has 3 nitrogen and oxygen atoms in total. The maximum Gasteiger partial charge on any atom is 0.254 e. The third-order valence-electron chi connectivity index (χ3n) is 3.08. The van der Waals surface area contributed by atoms with E-state index in [0.717, 1.165) is 31.5 Å². The van der Waals surface area contributed by atoms with Crippen molar-refractivity contribution in [2.45, 2.75) is 19.4 Å². The minimum atomic E-state index is 0.176. The van der Waals surface area contributed by atoms with Crippen LogP contribution in [0.1, 0.15) is 27.9 Å². The Morgan fingerprint density at radius 1 is 1.44 bits per heavy atom. The Kier molecular flexibility index (Phi) is 3.25. The Hall–Kier alpha value is -1.35. The number of carbonyl (C=O) groups is 1. The van der Waals surface area contributed by atoms with Crippen LogP contribution in [0.3, 0.4) is 0 Å². The second-order valence-electron chi connectivity index (χ2n) is 4.32. The molecule has 1 heterocycles. The molecule has 0 saturated heterocycles. The molecule has 0 atom stereocenters. The van der Waals surface area contributed by atoms with Crippen molar-refractivity contribution < 1.29 is 4.79 Å². The van der Waals surface area contributed by atoms with Gasteiger partial charge in [0.15, 0.2) is 0 Å². The van der Waals surface area contributed by atoms with Crippen LogP contribution in [0.4, 0.5) is 0 Å². The summed E-state index contributed by atoms with van der Waals surface area (Å²) in [5, 5.41) is 3.13. The number of aryl methyl sites for hydroxylation is 1. The summed E-state index contributed by atoms with van der Waals surface area (Å²) in [6.45, 7) is 1.75. The zero-order valence-electron chi connectivity index (χ0n) is 9.92. The normalized spacial score (nSPS) is 14.4. The zero-order valence-corrected chi connectivity index (χ0v) is 9.92. The van der Waals surface area contributed by atoms with Gasteiger partial charge in [0.05, 0.1) is 0 Å². The van der Waals surface area contributed by atoms with Crippen molar-refractivity contribution in [3.63, 3.8) is 0 Å². The van der Waals surface area contributed by atoms with Crippen molar-refractivity contribution >= 4 is 5.91 Å². The molecule has 1 N–H and O–H groups in total. The Labute approximate surface area is 96.5 Å². The molecular weight excluding hydrogens is 200 g/mol. The van der Waals surface area contributed by atoms with E-state index in [9.17, 15) is 4.79 Å². The highest BCUT2D eigenvalue weighted by atomic mass is 16.2. The van der Waals surface area contributed by atoms with Gasteiger partial charge in [-0.3, -0.25) is 4.79 Å². The molecule has 0 radical (unpaired) electrons. The first-order valence-corrected chi connectivity index (χ1v) is 5.75. The molecule has 1 aliphatic heterocycles. The average molecular weight is 218 g/mol. The summed E-state index contributed by atoms with van der Waals surface area (Å²) in [5.74, 6) is 0.176. The van der Waals surface area contributed by atoms with Crippen LogP contribution in [0.15, 0.2) is 18.2 Å². The largest absolute Gasteiger partial charge is 0.337 e. The van der Waals surface area contributed by atoms with Gasteiger partial charge in [-0.2, -0.15) is 0 Å². The molecule has 0 unspecified atom stereocenters. The lowest BCUT2D eigenvalue weighted by Gasteiger charge is -2.07. The summed E-state index contributed by atoms with van der Waals surface area (Å²) in [6, 6.07) is 6.18. The van der Waals surface area contributed by atoms with Crippen molar-refractivity contribution in [3.8, 4) is 0 Å². The second-order valence-corrected chi connectivity index (χ2v) is 4.32. The van der Waals surface area contributed by atoms with Crippen LogP contribution < -0.4 is 5.32 Å². The Balaban J connectivity index is 2.21. The molecular formula is C13H18N2O. The van der Waals surface area contributed by atoms with Crippen LogP contribution in [0.25, 0.3) is 0 Å². The maximum absolute atomic E-state index is 12.0. The molecule has 0 fully saturated rings. The second kappa shape index (κ2) is 4.66. The fourth-order valence-corrected chi connectivity index (χ4v) is 2.24. The lowest BCUT2D eigenvalue weighted by molar-refractivity contribution is 0.0815. The molecule has 0 saturated carbocycles. The number of carbonyl (C=O) groups excluding carboxylic acids is 1. The van der Waals surface area contributed by atoms with Crippen molar-refractivity contribution in [3.05, 3.63) is 34.9 Å². The summed E-state index contributed by atoms with van der Waals surface area (Å²) in [7, 11) is 3.81. The topological polar surface area (TPSA) is 32.3 Å². The van der Waals surface area contributed by atoms with Crippen LogP contribution in [-0.2, 0) is 13.0 Å². The average Bonchev–Trinajstić information content (AvgIpc) is 2.56. The number of amides is 1. The molecule has 16 heavy (non-hydrogen) atoms. The highest BCUT2D eigenvalue weighted by Gasteiger charge is 2.26. The van der Waals surface area contributed by atoms with Crippen LogP contribution in [0.2, 0.25) is 0 Å². The first kappa shape index (κ1) is 11.1. The fraction of sp³-hybridized carbons (Fsp3) is 0.462. The minimum Gasteiger partial charge on any atom is -0.337 e. The molecule has 2 rings (SSSR count). The van der Waals surface area contributed by atoms with E-state index in [1.165, 1.54) is 11.1 Å². The molecule has 0 bridgehead atoms. The van der Waals surface area contributed by atoms with Gasteiger partial charge >= 0.3 is 0 Å². The first-order chi connectivity index (χ1) is 7.74. The molecule has 1 aromatic rings. The van der Waals surface area contributed by atoms with Crippen LogP contribution in [0.5, 0.6) is 0 Å². The lowest BCUT2D eigenvalue weighted by Crippen LogP contribution is -2.18. The van der Waals surface area contributed by atoms with Gasteiger partial charge in [0.25, 0.3) is 5.91 Å². The highest BCUT2D eigenvalue weighted by Crippen LogP contribution is 2.25. The number of benzene rings is 1. The summed E-state index contributed by atoms with van der Waals surface area (Å²) in [4.78, 5) is 13.7. The molecule has 1 aliphatic rings. The molecule has 1 aromatic carbocycles. The highest BCUT2D eigenvalue weighted by molar-refractivity contribution is 5.99. The van der Waals surface area contributed by atoms with Gasteiger partial charge in [-0.25, -0.2) is 0 Å². The summed E-state index contributed by atoms with van der Waals surface area (Å²) in [6.07, 6.45) is 2.05. The standard InChI is InChI=1S/C13H18N2O/c1-14-8-4-7-10-5-3-6-11-9-15(2)13(16)12(10)11/h3,5-6,14H,4,7-9H2,1-2H3. The van der Waals surface area contributed by atoms with Gasteiger partial charge in [0.1, 0.15) is 0 Å². The quantitative estimate of drug-likeness (QED) is 0.775. The van der Waals surface area contributed by atoms with Crippen molar-refractivity contribution in [2.24, 2.45) is 0 Å². The van der Waals surface area contributed by atoms with E-state index in [0.29, 0.717) is 0 Å². The molecule has 86 valence electrons. The van der Waals surface area contributed by atoms with Gasteiger partial charge in [-0.05, 0) is 37.6 Å². The Morgan fingerprint density at radius 3 is 3.00 bits per heavy atom. The number of rotatable bonds is 4. The maximum atomic E-state index is 12.0. The van der Waals surface area contributed by atoms with E-state index in [-0.39, 0.29) is 5.91 Å². The molecule has 3 heteroatoms. The number of nitrogens with one attached hydrogen (secondary N) is 1. The van der Waals surface area contributed by atoms with Crippen LogP contribution in [0, 0.1) is 0 Å². The van der Waals surface area contributed by atoms with Crippen molar-refractivity contribution in [1.29, 1.82) is 0 Å². The monoisotopic (exact) mass is 218 g/mol.